The summed E-state index contributed by atoms with van der Waals surface area (Å²) >= 11 is 0. The third-order valence-electron chi connectivity index (χ3n) is 2.94. The van der Waals surface area contributed by atoms with Crippen LogP contribution in [0.3, 0.4) is 0 Å². The first-order chi connectivity index (χ1) is 9.43. The smallest absolute Gasteiger partial charge is 0.243 e. The molecule has 1 rings (SSSR count). The molecule has 0 unspecified atom stereocenters. The van der Waals surface area contributed by atoms with E-state index < -0.39 is 10.0 Å². The minimum atomic E-state index is -3.43. The summed E-state index contributed by atoms with van der Waals surface area (Å²) in [5, 5.41) is 0. The molecule has 0 aliphatic carbocycles. The van der Waals surface area contributed by atoms with Crippen molar-refractivity contribution in [3.8, 4) is 5.75 Å². The molecule has 0 aromatic heterocycles. The van der Waals surface area contributed by atoms with Gasteiger partial charge in [-0.3, -0.25) is 0 Å². The normalized spacial score (nSPS) is 12.1. The highest BCUT2D eigenvalue weighted by atomic mass is 32.2. The van der Waals surface area contributed by atoms with E-state index in [0.717, 1.165) is 6.42 Å². The van der Waals surface area contributed by atoms with Crippen molar-refractivity contribution >= 4 is 10.0 Å². The van der Waals surface area contributed by atoms with E-state index in [4.69, 9.17) is 10.5 Å². The first kappa shape index (κ1) is 16.9. The lowest BCUT2D eigenvalue weighted by Crippen LogP contribution is -2.36. The van der Waals surface area contributed by atoms with Crippen LogP contribution < -0.4 is 10.5 Å². The van der Waals surface area contributed by atoms with Gasteiger partial charge >= 0.3 is 0 Å². The number of hydrogen-bond acceptors (Lipinski definition) is 4. The van der Waals surface area contributed by atoms with Gasteiger partial charge in [0.2, 0.25) is 10.0 Å². The molecule has 0 fully saturated rings. The van der Waals surface area contributed by atoms with Crippen molar-refractivity contribution in [1.82, 2.24) is 4.31 Å². The van der Waals surface area contributed by atoms with Crippen LogP contribution in [0.4, 0.5) is 0 Å². The number of benzene rings is 1. The summed E-state index contributed by atoms with van der Waals surface area (Å²) in [7, 11) is -3.43. The summed E-state index contributed by atoms with van der Waals surface area (Å²) in [5.41, 5.74) is 5.39. The Morgan fingerprint density at radius 3 is 2.30 bits per heavy atom. The maximum atomic E-state index is 12.4. The van der Waals surface area contributed by atoms with Crippen LogP contribution in [-0.4, -0.2) is 38.5 Å². The molecule has 114 valence electrons. The molecule has 0 radical (unpaired) electrons. The number of hydrogen-bond donors (Lipinski definition) is 1. The predicted molar refractivity (Wildman–Crippen MR) is 80.3 cm³/mol. The predicted octanol–water partition coefficient (Wildman–Crippen LogP) is 1.83. The quantitative estimate of drug-likeness (QED) is 0.743. The molecule has 0 aliphatic heterocycles. The minimum absolute atomic E-state index is 0.0644. The Balaban J connectivity index is 2.86. The maximum absolute atomic E-state index is 12.4. The molecule has 0 spiro atoms. The van der Waals surface area contributed by atoms with Crippen molar-refractivity contribution in [3.63, 3.8) is 0 Å². The summed E-state index contributed by atoms with van der Waals surface area (Å²) in [4.78, 5) is 0.291. The van der Waals surface area contributed by atoms with Crippen LogP contribution in [0.15, 0.2) is 29.2 Å². The topological polar surface area (TPSA) is 72.6 Å². The van der Waals surface area contributed by atoms with Crippen molar-refractivity contribution in [3.05, 3.63) is 24.3 Å². The van der Waals surface area contributed by atoms with Crippen LogP contribution in [0, 0.1) is 0 Å². The number of sulfonamides is 1. The molecule has 0 amide bonds. The van der Waals surface area contributed by atoms with Gasteiger partial charge in [0, 0.05) is 12.6 Å². The molecule has 2 N–H and O–H groups in total. The van der Waals surface area contributed by atoms with Gasteiger partial charge in [0.15, 0.2) is 0 Å². The molecular weight excluding hydrogens is 276 g/mol. The molecule has 0 saturated heterocycles. The summed E-state index contributed by atoms with van der Waals surface area (Å²) < 4.78 is 31.8. The van der Waals surface area contributed by atoms with E-state index in [1.807, 2.05) is 20.8 Å². The largest absolute Gasteiger partial charge is 0.494 e. The van der Waals surface area contributed by atoms with Gasteiger partial charge in [-0.05, 0) is 51.1 Å². The standard InChI is InChI=1S/C14H24N2O3S/c1-4-16(12(2)3)20(17,18)14-8-6-13(7-9-14)19-11-5-10-15/h6-9,12H,4-5,10-11,15H2,1-3H3. The number of ether oxygens (including phenoxy) is 1. The maximum Gasteiger partial charge on any atom is 0.243 e. The summed E-state index contributed by atoms with van der Waals surface area (Å²) in [6.07, 6.45) is 0.775. The zero-order valence-corrected chi connectivity index (χ0v) is 13.2. The zero-order chi connectivity index (χ0) is 15.2. The summed E-state index contributed by atoms with van der Waals surface area (Å²) in [6, 6.07) is 6.45. The third kappa shape index (κ3) is 4.19. The Morgan fingerprint density at radius 2 is 1.85 bits per heavy atom. The van der Waals surface area contributed by atoms with E-state index in [9.17, 15) is 8.42 Å². The molecule has 1 aromatic carbocycles. The molecule has 0 aliphatic rings. The van der Waals surface area contributed by atoms with Gasteiger partial charge in [0.1, 0.15) is 5.75 Å². The van der Waals surface area contributed by atoms with E-state index in [0.29, 0.717) is 30.3 Å². The number of rotatable bonds is 8. The molecule has 0 atom stereocenters. The Morgan fingerprint density at radius 1 is 1.25 bits per heavy atom. The highest BCUT2D eigenvalue weighted by Crippen LogP contribution is 2.21. The average molecular weight is 300 g/mol. The van der Waals surface area contributed by atoms with E-state index in [-0.39, 0.29) is 6.04 Å². The van der Waals surface area contributed by atoms with Crippen molar-refractivity contribution in [2.75, 3.05) is 19.7 Å². The number of nitrogens with zero attached hydrogens (tertiary/aromatic N) is 1. The minimum Gasteiger partial charge on any atom is -0.494 e. The molecule has 6 heteroatoms. The van der Waals surface area contributed by atoms with Crippen molar-refractivity contribution in [2.45, 2.75) is 38.1 Å². The molecule has 0 heterocycles. The van der Waals surface area contributed by atoms with Crippen molar-refractivity contribution in [2.24, 2.45) is 5.73 Å². The van der Waals surface area contributed by atoms with Crippen LogP contribution >= 0.6 is 0 Å². The second kappa shape index (κ2) is 7.61. The lowest BCUT2D eigenvalue weighted by atomic mass is 10.3. The van der Waals surface area contributed by atoms with Gasteiger partial charge in [0.05, 0.1) is 11.5 Å². The Labute approximate surface area is 121 Å². The zero-order valence-electron chi connectivity index (χ0n) is 12.4. The first-order valence-electron chi connectivity index (χ1n) is 6.88. The second-order valence-electron chi connectivity index (χ2n) is 4.76. The van der Waals surface area contributed by atoms with Crippen LogP contribution in [0.2, 0.25) is 0 Å². The van der Waals surface area contributed by atoms with Crippen LogP contribution in [-0.2, 0) is 10.0 Å². The lowest BCUT2D eigenvalue weighted by molar-refractivity contribution is 0.313. The second-order valence-corrected chi connectivity index (χ2v) is 6.65. The number of nitrogens with two attached hydrogens (primary N) is 1. The van der Waals surface area contributed by atoms with Crippen molar-refractivity contribution in [1.29, 1.82) is 0 Å². The van der Waals surface area contributed by atoms with Crippen molar-refractivity contribution < 1.29 is 13.2 Å². The SMILES string of the molecule is CCN(C(C)C)S(=O)(=O)c1ccc(OCCCN)cc1. The van der Waals surface area contributed by atoms with E-state index in [1.165, 1.54) is 4.31 Å². The van der Waals surface area contributed by atoms with Crippen LogP contribution in [0.25, 0.3) is 0 Å². The molecule has 20 heavy (non-hydrogen) atoms. The van der Waals surface area contributed by atoms with Gasteiger partial charge in [-0.15, -0.1) is 0 Å². The fourth-order valence-corrected chi connectivity index (χ4v) is 3.58. The highest BCUT2D eigenvalue weighted by molar-refractivity contribution is 7.89. The fourth-order valence-electron chi connectivity index (χ4n) is 1.93. The first-order valence-corrected chi connectivity index (χ1v) is 8.32. The van der Waals surface area contributed by atoms with Gasteiger partial charge in [-0.25, -0.2) is 8.42 Å². The molecular formula is C14H24N2O3S. The van der Waals surface area contributed by atoms with Gasteiger partial charge < -0.3 is 10.5 Å². The average Bonchev–Trinajstić information content (AvgIpc) is 2.39. The molecule has 1 aromatic rings. The molecule has 0 saturated carbocycles. The van der Waals surface area contributed by atoms with Crippen LogP contribution in [0.1, 0.15) is 27.2 Å². The Hall–Kier alpha value is -1.11. The third-order valence-corrected chi connectivity index (χ3v) is 5.10. The highest BCUT2D eigenvalue weighted by Gasteiger charge is 2.25. The summed E-state index contributed by atoms with van der Waals surface area (Å²) in [6.45, 7) is 7.13. The molecule has 0 bridgehead atoms. The van der Waals surface area contributed by atoms with Gasteiger partial charge in [0.25, 0.3) is 0 Å². The Kier molecular flexibility index (Phi) is 6.45. The fraction of sp³-hybridized carbons (Fsp3) is 0.571. The van der Waals surface area contributed by atoms with Crippen LogP contribution in [0.5, 0.6) is 5.75 Å². The van der Waals surface area contributed by atoms with E-state index in [2.05, 4.69) is 0 Å². The summed E-state index contributed by atoms with van der Waals surface area (Å²) in [5.74, 6) is 0.657. The van der Waals surface area contributed by atoms with E-state index >= 15 is 0 Å². The molecule has 5 nitrogen and oxygen atoms in total. The van der Waals surface area contributed by atoms with E-state index in [1.54, 1.807) is 24.3 Å². The monoisotopic (exact) mass is 300 g/mol. The van der Waals surface area contributed by atoms with Gasteiger partial charge in [-0.1, -0.05) is 6.92 Å². The van der Waals surface area contributed by atoms with Gasteiger partial charge in [-0.2, -0.15) is 4.31 Å². The lowest BCUT2D eigenvalue weighted by Gasteiger charge is -2.24. The Bertz CT molecular complexity index is 498.